The number of carbonyl (C=O) groups is 10. The second-order valence-corrected chi connectivity index (χ2v) is 18.1. The van der Waals surface area contributed by atoms with Gasteiger partial charge in [0, 0.05) is 24.3 Å². The third-order valence-electron chi connectivity index (χ3n) is 10.4. The molecular weight excluding hydrogens is 955 g/mol. The fourth-order valence-electron chi connectivity index (χ4n) is 6.62. The Morgan fingerprint density at radius 3 is 1.33 bits per heavy atom. The van der Waals surface area contributed by atoms with Crippen molar-refractivity contribution in [3.63, 3.8) is 0 Å². The van der Waals surface area contributed by atoms with E-state index in [4.69, 9.17) is 17.2 Å². The van der Waals surface area contributed by atoms with E-state index in [9.17, 15) is 63.3 Å². The van der Waals surface area contributed by atoms with Crippen LogP contribution in [0.25, 0.3) is 0 Å². The average Bonchev–Trinajstić information content (AvgIpc) is 3.30. The molecule has 0 aromatic heterocycles. The molecule has 0 radical (unpaired) electrons. The molecule has 26 heteroatoms. The molecule has 0 saturated heterocycles. The Bertz CT molecular complexity index is 1900. The van der Waals surface area contributed by atoms with Crippen molar-refractivity contribution in [1.29, 1.82) is 0 Å². The van der Waals surface area contributed by atoms with Crippen LogP contribution in [0.3, 0.4) is 0 Å². The zero-order valence-electron chi connectivity index (χ0n) is 40.0. The first kappa shape index (κ1) is 62.5. The van der Waals surface area contributed by atoms with Crippen molar-refractivity contribution in [2.45, 2.75) is 133 Å². The summed E-state index contributed by atoms with van der Waals surface area (Å²) < 4.78 is 0. The van der Waals surface area contributed by atoms with Gasteiger partial charge in [-0.25, -0.2) is 4.79 Å². The van der Waals surface area contributed by atoms with Crippen LogP contribution in [-0.4, -0.2) is 160 Å². The normalized spacial score (nSPS) is 15.0. The minimum absolute atomic E-state index is 0.0201. The van der Waals surface area contributed by atoms with Gasteiger partial charge in [-0.1, -0.05) is 58.0 Å². The van der Waals surface area contributed by atoms with Gasteiger partial charge in [-0.15, -0.1) is 0 Å². The molecule has 0 heterocycles. The number of carbonyl (C=O) groups excluding carboxylic acids is 9. The van der Waals surface area contributed by atoms with Gasteiger partial charge in [-0.05, 0) is 62.5 Å². The van der Waals surface area contributed by atoms with Gasteiger partial charge in [0.2, 0.25) is 53.2 Å². The lowest BCUT2D eigenvalue weighted by molar-refractivity contribution is -0.142. The third kappa shape index (κ3) is 23.4. The number of carboxylic acids is 1. The molecule has 70 heavy (non-hydrogen) atoms. The number of carboxylic acid groups (broad SMARTS) is 1. The minimum Gasteiger partial charge on any atom is -0.480 e. The Kier molecular flexibility index (Phi) is 29.6. The second kappa shape index (κ2) is 33.1. The number of nitrogens with one attached hydrogen (secondary N) is 8. The number of amides is 9. The Labute approximate surface area is 418 Å². The molecule has 0 fully saturated rings. The van der Waals surface area contributed by atoms with Gasteiger partial charge in [0.1, 0.15) is 48.3 Å². The van der Waals surface area contributed by atoms with Crippen molar-refractivity contribution < 1.29 is 63.3 Å². The summed E-state index contributed by atoms with van der Waals surface area (Å²) >= 11 is 7.91. The molecule has 1 aromatic rings. The van der Waals surface area contributed by atoms with E-state index >= 15 is 0 Å². The average molecular weight is 1030 g/mol. The van der Waals surface area contributed by atoms with Crippen LogP contribution in [0.2, 0.25) is 0 Å². The molecule has 9 atom stereocenters. The number of primary amides is 1. The molecule has 1 rings (SSSR count). The Balaban J connectivity index is 3.46. The lowest BCUT2D eigenvalue weighted by Gasteiger charge is -2.28. The van der Waals surface area contributed by atoms with Crippen LogP contribution in [-0.2, 0) is 54.4 Å². The van der Waals surface area contributed by atoms with Crippen molar-refractivity contribution in [2.24, 2.45) is 29.0 Å². The minimum atomic E-state index is -1.70. The second-order valence-electron chi connectivity index (χ2n) is 17.4. The van der Waals surface area contributed by atoms with Crippen molar-refractivity contribution in [1.82, 2.24) is 42.5 Å². The van der Waals surface area contributed by atoms with Crippen LogP contribution in [0.15, 0.2) is 30.3 Å². The van der Waals surface area contributed by atoms with Crippen molar-refractivity contribution in [3.05, 3.63) is 35.9 Å². The summed E-state index contributed by atoms with van der Waals surface area (Å²) in [6.45, 7) is 5.29. The van der Waals surface area contributed by atoms with Crippen LogP contribution in [0, 0.1) is 11.8 Å². The predicted octanol–water partition coefficient (Wildman–Crippen LogP) is -4.15. The molecule has 17 N–H and O–H groups in total. The Morgan fingerprint density at radius 2 is 0.914 bits per heavy atom. The van der Waals surface area contributed by atoms with Gasteiger partial charge in [0.15, 0.2) is 0 Å². The molecule has 0 aliphatic rings. The lowest BCUT2D eigenvalue weighted by Crippen LogP contribution is -2.61. The van der Waals surface area contributed by atoms with Gasteiger partial charge in [0.25, 0.3) is 0 Å². The number of thiol groups is 2. The van der Waals surface area contributed by atoms with Crippen LogP contribution in [0.1, 0.15) is 78.2 Å². The number of hydrogen-bond acceptors (Lipinski definition) is 16. The molecule has 0 aliphatic carbocycles. The maximum absolute atomic E-state index is 14.2. The standard InChI is InChI=1S/C44H73N11O13S2/c1-23(2)16-29(39(62)53-32(19-56)42(65)51-30(17-24(3)4)40(63)54-33(20-57)43(66)55-34(22-70)44(67)68)50-41(64)31(18-25-10-6-5-7-11-25)52-38(61)28(13-14-35(47)58)49-37(60)27(12-8-9-15-45)48-36(59)26(46)21-69/h5-7,10-11,23-24,26-34,56-57,69-70H,8-9,12-22,45-46H2,1-4H3,(H2,47,58)(H,48,59)(H,49,60)(H,50,64)(H,51,65)(H,52,61)(H,53,62)(H,54,63)(H,55,66)(H,67,68)/t26-,27-,28-,29-,30-,31-,32-,33-,34-/m0/s1. The Morgan fingerprint density at radius 1 is 0.529 bits per heavy atom. The summed E-state index contributed by atoms with van der Waals surface area (Å²) in [5.41, 5.74) is 17.4. The molecule has 24 nitrogen and oxygen atoms in total. The highest BCUT2D eigenvalue weighted by Crippen LogP contribution is 2.12. The number of rotatable bonds is 34. The molecule has 0 saturated carbocycles. The van der Waals surface area contributed by atoms with Gasteiger partial charge in [0.05, 0.1) is 19.3 Å². The quantitative estimate of drug-likeness (QED) is 0.0230. The molecule has 1 aromatic carbocycles. The van der Waals surface area contributed by atoms with Crippen LogP contribution >= 0.6 is 25.3 Å². The zero-order valence-corrected chi connectivity index (χ0v) is 41.8. The highest BCUT2D eigenvalue weighted by molar-refractivity contribution is 7.80. The smallest absolute Gasteiger partial charge is 0.327 e. The van der Waals surface area contributed by atoms with Crippen molar-refractivity contribution in [2.75, 3.05) is 31.3 Å². The van der Waals surface area contributed by atoms with E-state index in [-0.39, 0.29) is 61.9 Å². The van der Waals surface area contributed by atoms with Crippen molar-refractivity contribution >= 4 is 84.4 Å². The maximum Gasteiger partial charge on any atom is 0.327 e. The number of aliphatic carboxylic acids is 1. The highest BCUT2D eigenvalue weighted by Gasteiger charge is 2.35. The fraction of sp³-hybridized carbons (Fsp3) is 0.636. The summed E-state index contributed by atoms with van der Waals surface area (Å²) in [4.78, 5) is 132. The largest absolute Gasteiger partial charge is 0.480 e. The number of nitrogens with two attached hydrogens (primary N) is 3. The van der Waals surface area contributed by atoms with Gasteiger partial charge in [-0.3, -0.25) is 43.2 Å². The predicted molar refractivity (Wildman–Crippen MR) is 263 cm³/mol. The molecule has 0 unspecified atom stereocenters. The number of aliphatic hydroxyl groups is 2. The lowest BCUT2D eigenvalue weighted by atomic mass is 10.00. The monoisotopic (exact) mass is 1030 g/mol. The highest BCUT2D eigenvalue weighted by atomic mass is 32.1. The fourth-order valence-corrected chi connectivity index (χ4v) is 7.04. The van der Waals surface area contributed by atoms with E-state index in [0.717, 1.165) is 0 Å². The maximum atomic E-state index is 14.2. The van der Waals surface area contributed by atoms with E-state index in [1.165, 1.54) is 0 Å². The molecule has 9 amide bonds. The van der Waals surface area contributed by atoms with E-state index in [2.05, 4.69) is 67.8 Å². The summed E-state index contributed by atoms with van der Waals surface area (Å²) in [7, 11) is 0. The third-order valence-corrected chi connectivity index (χ3v) is 11.2. The number of aliphatic hydroxyl groups excluding tert-OH is 2. The Hall–Kier alpha value is -5.54. The number of benzene rings is 1. The van der Waals surface area contributed by atoms with E-state index < -0.39 is 127 Å². The van der Waals surface area contributed by atoms with Crippen LogP contribution < -0.4 is 59.7 Å². The molecule has 394 valence electrons. The van der Waals surface area contributed by atoms with Crippen LogP contribution in [0.5, 0.6) is 0 Å². The van der Waals surface area contributed by atoms with E-state index in [1.807, 2.05) is 0 Å². The molecular formula is C44H73N11O13S2. The van der Waals surface area contributed by atoms with Gasteiger partial charge >= 0.3 is 5.97 Å². The first-order chi connectivity index (χ1) is 33.0. The van der Waals surface area contributed by atoms with Crippen molar-refractivity contribution in [3.8, 4) is 0 Å². The van der Waals surface area contributed by atoms with Gasteiger partial charge < -0.3 is 75.1 Å². The first-order valence-electron chi connectivity index (χ1n) is 22.9. The number of hydrogen-bond donors (Lipinski definition) is 16. The summed E-state index contributed by atoms with van der Waals surface area (Å²) in [5, 5.41) is 49.0. The van der Waals surface area contributed by atoms with Crippen LogP contribution in [0.4, 0.5) is 0 Å². The number of unbranched alkanes of at least 4 members (excludes halogenated alkanes) is 1. The first-order valence-corrected chi connectivity index (χ1v) is 24.2. The molecule has 0 bridgehead atoms. The molecule has 0 aliphatic heterocycles. The summed E-state index contributed by atoms with van der Waals surface area (Å²) in [6.07, 6.45) is 0.174. The zero-order chi connectivity index (χ0) is 53.1. The summed E-state index contributed by atoms with van der Waals surface area (Å²) in [6, 6.07) is -4.20. The van der Waals surface area contributed by atoms with E-state index in [1.54, 1.807) is 58.0 Å². The topological polar surface area (TPSA) is 406 Å². The molecule has 0 spiro atoms. The summed E-state index contributed by atoms with van der Waals surface area (Å²) in [5.74, 6) is -10.3. The van der Waals surface area contributed by atoms with E-state index in [0.29, 0.717) is 24.9 Å². The van der Waals surface area contributed by atoms with Gasteiger partial charge in [-0.2, -0.15) is 25.3 Å². The SMILES string of the molecule is CC(C)C[C@H](NC(=O)[C@H](CO)NC(=O)[C@H](CC(C)C)NC(=O)[C@H](Cc1ccccc1)NC(=O)[C@H](CCC(N)=O)NC(=O)[C@H](CCCCN)NC(=O)[C@@H](N)CS)C(=O)N[C@@H](CO)C(=O)N[C@@H](CS)C(=O)O.